The number of aliphatic carboxylic acids is 1. The van der Waals surface area contributed by atoms with Gasteiger partial charge in [0.05, 0.1) is 13.0 Å². The van der Waals surface area contributed by atoms with Gasteiger partial charge in [-0.3, -0.25) is 0 Å². The molecule has 0 fully saturated rings. The van der Waals surface area contributed by atoms with Gasteiger partial charge in [-0.1, -0.05) is 0 Å². The first-order valence-electron chi connectivity index (χ1n) is 8.83. The van der Waals surface area contributed by atoms with Crippen LogP contribution in [-0.4, -0.2) is 72.2 Å². The molecule has 19 heteroatoms. The molecule has 0 bridgehead atoms. The number of unbranched alkanes of at least 4 members (excludes halogenated alkanes) is 1. The molecule has 4 N–H and O–H groups in total. The molecule has 0 aromatic rings. The maximum atomic E-state index is 13.6. The van der Waals surface area contributed by atoms with Gasteiger partial charge in [-0.05, 0) is 25.8 Å². The topological polar surface area (TPSA) is 102 Å². The van der Waals surface area contributed by atoms with Crippen molar-refractivity contribution < 1.29 is 76.5 Å². The number of ether oxygens (including phenoxy) is 1. The van der Waals surface area contributed by atoms with Crippen LogP contribution in [0, 0.1) is 0 Å². The average Bonchev–Trinajstić information content (AvgIpc) is 2.65. The fraction of sp³-hybridized carbons (Fsp3) is 0.867. The van der Waals surface area contributed by atoms with Gasteiger partial charge in [-0.2, -0.15) is 57.1 Å². The highest BCUT2D eigenvalue weighted by Gasteiger charge is 2.90. The van der Waals surface area contributed by atoms with E-state index in [9.17, 15) is 66.7 Å². The van der Waals surface area contributed by atoms with E-state index in [0.29, 0.717) is 0 Å². The Kier molecular flexibility index (Phi) is 9.90. The van der Waals surface area contributed by atoms with Gasteiger partial charge in [0.25, 0.3) is 0 Å². The van der Waals surface area contributed by atoms with Gasteiger partial charge < -0.3 is 20.9 Å². The average molecular weight is 536 g/mol. The van der Waals surface area contributed by atoms with E-state index in [1.165, 1.54) is 0 Å². The largest absolute Gasteiger partial charge is 0.480 e. The third-order valence-corrected chi connectivity index (χ3v) is 4.18. The Bertz CT molecular complexity index is 713. The summed E-state index contributed by atoms with van der Waals surface area (Å²) in [6.45, 7) is -1.86. The van der Waals surface area contributed by atoms with Crippen molar-refractivity contribution in [3.8, 4) is 0 Å². The molecule has 0 heterocycles. The zero-order valence-electron chi connectivity index (χ0n) is 16.5. The summed E-state index contributed by atoms with van der Waals surface area (Å²) in [6, 6.07) is -1.70. The highest BCUT2D eigenvalue weighted by molar-refractivity contribution is 5.79. The predicted molar refractivity (Wildman–Crippen MR) is 84.2 cm³/mol. The summed E-state index contributed by atoms with van der Waals surface area (Å²) in [6.07, 6.45) is -12.0. The lowest BCUT2D eigenvalue weighted by Crippen LogP contribution is -2.70. The summed E-state index contributed by atoms with van der Waals surface area (Å²) in [5.74, 6) is -39.4. The van der Waals surface area contributed by atoms with Crippen molar-refractivity contribution in [1.82, 2.24) is 5.32 Å². The van der Waals surface area contributed by atoms with Crippen molar-refractivity contribution in [2.45, 2.75) is 67.5 Å². The Hall–Kier alpha value is -2.21. The number of hydrogen-bond donors (Lipinski definition) is 3. The number of nitrogens with two attached hydrogens (primary N) is 1. The van der Waals surface area contributed by atoms with E-state index >= 15 is 0 Å². The number of nitrogens with one attached hydrogen (secondary N) is 1. The highest BCUT2D eigenvalue weighted by atomic mass is 19.4. The Morgan fingerprint density at radius 3 is 1.68 bits per heavy atom. The Labute approximate surface area is 181 Å². The molecule has 1 atom stereocenters. The fourth-order valence-electron chi connectivity index (χ4n) is 2.17. The smallest absolute Gasteiger partial charge is 0.460 e. The number of hydrogen-bond acceptors (Lipinski definition) is 4. The van der Waals surface area contributed by atoms with Crippen LogP contribution in [-0.2, 0) is 9.53 Å². The second-order valence-corrected chi connectivity index (χ2v) is 6.71. The van der Waals surface area contributed by atoms with Crippen LogP contribution in [0.5, 0.6) is 0 Å². The third kappa shape index (κ3) is 6.26. The lowest BCUT2D eigenvalue weighted by molar-refractivity contribution is -0.440. The van der Waals surface area contributed by atoms with Crippen LogP contribution < -0.4 is 11.1 Å². The Morgan fingerprint density at radius 1 is 0.794 bits per heavy atom. The molecular formula is C15H17F13N2O4. The highest BCUT2D eigenvalue weighted by Crippen LogP contribution is 2.60. The third-order valence-electron chi connectivity index (χ3n) is 4.18. The number of carbonyl (C=O) groups is 2. The Balaban J connectivity index is 5.42. The number of carbonyl (C=O) groups excluding carboxylic acids is 1. The van der Waals surface area contributed by atoms with Crippen molar-refractivity contribution in [3.63, 3.8) is 0 Å². The van der Waals surface area contributed by atoms with E-state index < -0.39 is 66.9 Å². The number of alkyl halides is 13. The van der Waals surface area contributed by atoms with Crippen LogP contribution in [0.2, 0.25) is 0 Å². The Morgan fingerprint density at radius 2 is 1.26 bits per heavy atom. The number of rotatable bonds is 13. The minimum Gasteiger partial charge on any atom is -0.480 e. The summed E-state index contributed by atoms with van der Waals surface area (Å²) in [4.78, 5) is 22.3. The van der Waals surface area contributed by atoms with Crippen molar-refractivity contribution in [2.24, 2.45) is 5.73 Å². The van der Waals surface area contributed by atoms with E-state index in [1.807, 2.05) is 0 Å². The zero-order valence-corrected chi connectivity index (χ0v) is 16.5. The summed E-state index contributed by atoms with van der Waals surface area (Å²) in [5.41, 5.74) is 5.15. The minimum absolute atomic E-state index is 0.124. The van der Waals surface area contributed by atoms with Gasteiger partial charge in [-0.15, -0.1) is 0 Å². The molecule has 0 saturated carbocycles. The number of alkyl carbamates (subject to hydrolysis) is 1. The molecule has 0 aliphatic heterocycles. The molecule has 0 aromatic heterocycles. The summed E-state index contributed by atoms with van der Waals surface area (Å²) in [5, 5.41) is 10.4. The summed E-state index contributed by atoms with van der Waals surface area (Å²) < 4.78 is 172. The van der Waals surface area contributed by atoms with Gasteiger partial charge >= 0.3 is 47.9 Å². The first-order chi connectivity index (χ1) is 15.0. The molecule has 34 heavy (non-hydrogen) atoms. The number of carboxylic acid groups (broad SMARTS) is 1. The van der Waals surface area contributed by atoms with Gasteiger partial charge in [0, 0.05) is 0 Å². The molecule has 0 radical (unpaired) electrons. The van der Waals surface area contributed by atoms with Crippen molar-refractivity contribution in [3.05, 3.63) is 0 Å². The van der Waals surface area contributed by atoms with E-state index in [4.69, 9.17) is 10.8 Å². The number of halogens is 13. The monoisotopic (exact) mass is 536 g/mol. The maximum Gasteiger partial charge on any atom is 0.460 e. The molecule has 1 amide bonds. The quantitative estimate of drug-likeness (QED) is 0.239. The van der Waals surface area contributed by atoms with Gasteiger partial charge in [0.1, 0.15) is 6.04 Å². The minimum atomic E-state index is -8.03. The molecule has 0 aliphatic carbocycles. The number of carboxylic acids is 1. The zero-order chi connectivity index (χ0) is 27.4. The molecule has 6 nitrogen and oxygen atoms in total. The normalized spacial score (nSPS) is 15.1. The molecule has 0 spiro atoms. The molecule has 0 rings (SSSR count). The standard InChI is InChI=1S/C15H17F13N2O4/c16-10(17,4-6-34-9(33)30-7(8(31)32)3-1-2-5-29)11(18,19)12(20,21)13(22,23)14(24,25)15(26,27)28/h7H,1-6,29H2,(H,30,33)(H,31,32)/t7-/m0/s1. The second-order valence-electron chi connectivity index (χ2n) is 6.71. The first kappa shape index (κ1) is 31.8. The molecule has 0 saturated heterocycles. The van der Waals surface area contributed by atoms with Crippen LogP contribution in [0.25, 0.3) is 0 Å². The van der Waals surface area contributed by atoms with Crippen LogP contribution in [0.15, 0.2) is 0 Å². The predicted octanol–water partition coefficient (Wildman–Crippen LogP) is 4.42. The van der Waals surface area contributed by atoms with E-state index in [1.54, 1.807) is 5.32 Å². The SMILES string of the molecule is NCCCC[C@H](NC(=O)OCCC(F)(F)C(F)(F)C(F)(F)C(F)(F)C(F)(F)C(F)(F)F)C(=O)O. The van der Waals surface area contributed by atoms with Gasteiger partial charge in [0.15, 0.2) is 0 Å². The van der Waals surface area contributed by atoms with Crippen LogP contribution >= 0.6 is 0 Å². The maximum absolute atomic E-state index is 13.6. The van der Waals surface area contributed by atoms with Crippen molar-refractivity contribution >= 4 is 12.1 Å². The fourth-order valence-corrected chi connectivity index (χ4v) is 2.17. The number of amides is 1. The summed E-state index contributed by atoms with van der Waals surface area (Å²) in [7, 11) is 0. The molecular weight excluding hydrogens is 519 g/mol. The van der Waals surface area contributed by atoms with Crippen molar-refractivity contribution in [1.29, 1.82) is 0 Å². The van der Waals surface area contributed by atoms with Crippen LogP contribution in [0.4, 0.5) is 61.9 Å². The van der Waals surface area contributed by atoms with Gasteiger partial charge in [0.2, 0.25) is 0 Å². The lowest BCUT2D eigenvalue weighted by Gasteiger charge is -2.39. The first-order valence-corrected chi connectivity index (χ1v) is 8.83. The molecule has 202 valence electrons. The summed E-state index contributed by atoms with van der Waals surface area (Å²) >= 11 is 0. The molecule has 0 aliphatic rings. The molecule has 0 aromatic carbocycles. The second kappa shape index (κ2) is 10.6. The van der Waals surface area contributed by atoms with Gasteiger partial charge in [-0.25, -0.2) is 9.59 Å². The van der Waals surface area contributed by atoms with Crippen LogP contribution in [0.3, 0.4) is 0 Å². The molecule has 0 unspecified atom stereocenters. The van der Waals surface area contributed by atoms with E-state index in [-0.39, 0.29) is 25.8 Å². The van der Waals surface area contributed by atoms with Crippen molar-refractivity contribution in [2.75, 3.05) is 13.2 Å². The lowest BCUT2D eigenvalue weighted by atomic mass is 9.93. The van der Waals surface area contributed by atoms with E-state index in [2.05, 4.69) is 4.74 Å². The van der Waals surface area contributed by atoms with E-state index in [0.717, 1.165) is 0 Å². The van der Waals surface area contributed by atoms with Crippen LogP contribution in [0.1, 0.15) is 25.7 Å².